The average Bonchev–Trinajstić information content (AvgIpc) is 2.53. The van der Waals surface area contributed by atoms with Gasteiger partial charge in [-0.2, -0.15) is 0 Å². The van der Waals surface area contributed by atoms with E-state index in [4.69, 9.17) is 9.05 Å². The molecule has 3 nitrogen and oxygen atoms in total. The van der Waals surface area contributed by atoms with Gasteiger partial charge in [0, 0.05) is 0 Å². The lowest BCUT2D eigenvalue weighted by Crippen LogP contribution is -2.03. The molecule has 0 bridgehead atoms. The van der Waals surface area contributed by atoms with Crippen molar-refractivity contribution >= 4 is 7.60 Å². The van der Waals surface area contributed by atoms with Crippen molar-refractivity contribution in [3.05, 3.63) is 58.4 Å². The van der Waals surface area contributed by atoms with E-state index in [2.05, 4.69) is 6.07 Å². The molecule has 0 atom stereocenters. The molecule has 0 amide bonds. The van der Waals surface area contributed by atoms with E-state index in [1.165, 1.54) is 6.07 Å². The number of halogens is 1. The molecule has 0 saturated carbocycles. The predicted molar refractivity (Wildman–Crippen MR) is 101 cm³/mol. The zero-order chi connectivity index (χ0) is 18.6. The van der Waals surface area contributed by atoms with Gasteiger partial charge in [-0.1, -0.05) is 23.8 Å². The minimum absolute atomic E-state index is 0.201. The van der Waals surface area contributed by atoms with Crippen LogP contribution in [-0.2, 0) is 19.8 Å². The van der Waals surface area contributed by atoms with E-state index in [9.17, 15) is 8.96 Å². The fourth-order valence-corrected chi connectivity index (χ4v) is 4.84. The van der Waals surface area contributed by atoms with Crippen LogP contribution < -0.4 is 0 Å². The van der Waals surface area contributed by atoms with Crippen LogP contribution in [0, 0.1) is 26.6 Å². The number of hydrogen-bond donors (Lipinski definition) is 0. The molecule has 0 aromatic heterocycles. The minimum atomic E-state index is -3.23. The summed E-state index contributed by atoms with van der Waals surface area (Å²) in [5.41, 5.74) is 5.47. The van der Waals surface area contributed by atoms with Crippen molar-refractivity contribution in [2.75, 3.05) is 13.2 Å². The first-order chi connectivity index (χ1) is 11.8. The van der Waals surface area contributed by atoms with E-state index in [0.717, 1.165) is 27.8 Å². The van der Waals surface area contributed by atoms with Crippen LogP contribution in [0.25, 0.3) is 11.1 Å². The average molecular weight is 364 g/mol. The Labute approximate surface area is 149 Å². The molecular formula is C20H26FO3P. The molecule has 136 valence electrons. The van der Waals surface area contributed by atoms with Crippen molar-refractivity contribution in [1.82, 2.24) is 0 Å². The summed E-state index contributed by atoms with van der Waals surface area (Å²) < 4.78 is 37.6. The summed E-state index contributed by atoms with van der Waals surface area (Å²) in [6.45, 7) is 10.0. The highest BCUT2D eigenvalue weighted by Gasteiger charge is 2.27. The third-order valence-corrected chi connectivity index (χ3v) is 6.10. The van der Waals surface area contributed by atoms with Crippen LogP contribution >= 0.6 is 7.60 Å². The molecule has 0 aliphatic rings. The van der Waals surface area contributed by atoms with Crippen LogP contribution in [0.2, 0.25) is 0 Å². The van der Waals surface area contributed by atoms with E-state index in [1.54, 1.807) is 26.8 Å². The molecule has 2 aromatic rings. The summed E-state index contributed by atoms with van der Waals surface area (Å²) in [6, 6.07) is 9.14. The maximum absolute atomic E-state index is 13.7. The number of benzene rings is 2. The van der Waals surface area contributed by atoms with Gasteiger partial charge in [0.15, 0.2) is 0 Å². The molecule has 0 fully saturated rings. The molecule has 2 aromatic carbocycles. The van der Waals surface area contributed by atoms with Crippen LogP contribution in [0.4, 0.5) is 4.39 Å². The Morgan fingerprint density at radius 3 is 2.16 bits per heavy atom. The lowest BCUT2D eigenvalue weighted by Gasteiger charge is -2.21. The molecule has 25 heavy (non-hydrogen) atoms. The lowest BCUT2D eigenvalue weighted by atomic mass is 9.94. The van der Waals surface area contributed by atoms with E-state index < -0.39 is 7.60 Å². The highest BCUT2D eigenvalue weighted by Crippen LogP contribution is 2.53. The zero-order valence-electron chi connectivity index (χ0n) is 15.6. The van der Waals surface area contributed by atoms with Crippen LogP contribution in [0.3, 0.4) is 0 Å². The SMILES string of the molecule is CCOP(=O)(Cc1c(C)cc(C)cc1-c1ccc(F)c(C)c1)OCC. The molecule has 0 saturated heterocycles. The molecule has 0 heterocycles. The van der Waals surface area contributed by atoms with Crippen LogP contribution in [0.15, 0.2) is 30.3 Å². The Morgan fingerprint density at radius 2 is 1.60 bits per heavy atom. The molecule has 0 spiro atoms. The molecule has 0 unspecified atom stereocenters. The van der Waals surface area contributed by atoms with Gasteiger partial charge < -0.3 is 9.05 Å². The monoisotopic (exact) mass is 364 g/mol. The van der Waals surface area contributed by atoms with E-state index in [-0.39, 0.29) is 12.0 Å². The van der Waals surface area contributed by atoms with Gasteiger partial charge in [0.05, 0.1) is 19.4 Å². The normalized spacial score (nSPS) is 11.8. The first-order valence-corrected chi connectivity index (χ1v) is 10.3. The first kappa shape index (κ1) is 19.8. The minimum Gasteiger partial charge on any atom is -0.309 e. The van der Waals surface area contributed by atoms with Crippen LogP contribution in [-0.4, -0.2) is 13.2 Å². The van der Waals surface area contributed by atoms with Gasteiger partial charge in [-0.15, -0.1) is 0 Å². The Balaban J connectivity index is 2.57. The lowest BCUT2D eigenvalue weighted by molar-refractivity contribution is 0.219. The number of hydrogen-bond acceptors (Lipinski definition) is 3. The second-order valence-corrected chi connectivity index (χ2v) is 8.23. The topological polar surface area (TPSA) is 35.5 Å². The Hall–Kier alpha value is -1.48. The summed E-state index contributed by atoms with van der Waals surface area (Å²) >= 11 is 0. The first-order valence-electron chi connectivity index (χ1n) is 8.54. The largest absolute Gasteiger partial charge is 0.335 e. The van der Waals surface area contributed by atoms with Gasteiger partial charge in [0.25, 0.3) is 0 Å². The van der Waals surface area contributed by atoms with Crippen molar-refractivity contribution in [3.8, 4) is 11.1 Å². The van der Waals surface area contributed by atoms with E-state index >= 15 is 0 Å². The summed E-state index contributed by atoms with van der Waals surface area (Å²) in [5, 5.41) is 0. The predicted octanol–water partition coefficient (Wildman–Crippen LogP) is 6.18. The highest BCUT2D eigenvalue weighted by molar-refractivity contribution is 7.53. The van der Waals surface area contributed by atoms with Gasteiger partial charge in [-0.05, 0) is 74.6 Å². The molecule has 0 N–H and O–H groups in total. The Morgan fingerprint density at radius 1 is 0.960 bits per heavy atom. The molecule has 0 aliphatic carbocycles. The molecular weight excluding hydrogens is 338 g/mol. The second kappa shape index (κ2) is 8.27. The number of rotatable bonds is 7. The van der Waals surface area contributed by atoms with Crippen molar-refractivity contribution in [2.24, 2.45) is 0 Å². The third kappa shape index (κ3) is 4.78. The summed E-state index contributed by atoms with van der Waals surface area (Å²) in [6.07, 6.45) is 0.201. The molecule has 2 rings (SSSR count). The third-order valence-electron chi connectivity index (χ3n) is 4.09. The fraction of sp³-hybridized carbons (Fsp3) is 0.400. The van der Waals surface area contributed by atoms with Crippen molar-refractivity contribution in [3.63, 3.8) is 0 Å². The van der Waals surface area contributed by atoms with Crippen molar-refractivity contribution < 1.29 is 18.0 Å². The van der Waals surface area contributed by atoms with E-state index in [0.29, 0.717) is 18.8 Å². The van der Waals surface area contributed by atoms with Gasteiger partial charge in [0.2, 0.25) is 0 Å². The van der Waals surface area contributed by atoms with Crippen molar-refractivity contribution in [1.29, 1.82) is 0 Å². The number of aryl methyl sites for hydroxylation is 3. The zero-order valence-corrected chi connectivity index (χ0v) is 16.5. The van der Waals surface area contributed by atoms with Gasteiger partial charge in [-0.3, -0.25) is 4.57 Å². The molecule has 0 radical (unpaired) electrons. The van der Waals surface area contributed by atoms with Crippen LogP contribution in [0.5, 0.6) is 0 Å². The van der Waals surface area contributed by atoms with Gasteiger partial charge in [0.1, 0.15) is 5.82 Å². The van der Waals surface area contributed by atoms with Gasteiger partial charge in [-0.25, -0.2) is 4.39 Å². The summed E-state index contributed by atoms with van der Waals surface area (Å²) in [4.78, 5) is 0. The quantitative estimate of drug-likeness (QED) is 0.550. The standard InChI is InChI=1S/C20H26FO3P/c1-6-23-25(22,24-7-2)13-19-15(4)10-14(3)11-18(19)17-8-9-20(21)16(5)12-17/h8-12H,6-7,13H2,1-5H3. The van der Waals surface area contributed by atoms with E-state index in [1.807, 2.05) is 26.0 Å². The smallest absolute Gasteiger partial charge is 0.309 e. The van der Waals surface area contributed by atoms with Gasteiger partial charge >= 0.3 is 7.60 Å². The highest BCUT2D eigenvalue weighted by atomic mass is 31.2. The van der Waals surface area contributed by atoms with Crippen molar-refractivity contribution in [2.45, 2.75) is 40.8 Å². The second-order valence-electron chi connectivity index (χ2n) is 6.18. The van der Waals surface area contributed by atoms with Crippen LogP contribution in [0.1, 0.15) is 36.1 Å². The Kier molecular flexibility index (Phi) is 6.56. The Bertz CT molecular complexity index is 792. The summed E-state index contributed by atoms with van der Waals surface area (Å²) in [7, 11) is -3.23. The fourth-order valence-electron chi connectivity index (χ4n) is 2.99. The maximum Gasteiger partial charge on any atom is 0.335 e. The molecule has 5 heteroatoms. The molecule has 0 aliphatic heterocycles. The summed E-state index contributed by atoms with van der Waals surface area (Å²) in [5.74, 6) is -0.232. The maximum atomic E-state index is 13.7.